The topological polar surface area (TPSA) is 67.4 Å². The average Bonchev–Trinajstić information content (AvgIpc) is 2.44. The van der Waals surface area contributed by atoms with E-state index in [9.17, 15) is 9.59 Å². The molecular formula is C15H21ClN2O3. The third kappa shape index (κ3) is 6.99. The molecule has 0 spiro atoms. The Morgan fingerprint density at radius 3 is 2.57 bits per heavy atom. The highest BCUT2D eigenvalue weighted by atomic mass is 35.5. The Morgan fingerprint density at radius 2 is 1.90 bits per heavy atom. The number of halogens is 1. The van der Waals surface area contributed by atoms with Gasteiger partial charge in [-0.1, -0.05) is 31.4 Å². The van der Waals surface area contributed by atoms with Crippen LogP contribution < -0.4 is 15.6 Å². The molecule has 2 amide bonds. The van der Waals surface area contributed by atoms with Crippen molar-refractivity contribution in [2.24, 2.45) is 0 Å². The molecule has 0 radical (unpaired) electrons. The first kappa shape index (κ1) is 17.3. The average molecular weight is 313 g/mol. The highest BCUT2D eigenvalue weighted by Gasteiger charge is 2.07. The van der Waals surface area contributed by atoms with Gasteiger partial charge in [-0.2, -0.15) is 0 Å². The van der Waals surface area contributed by atoms with Crippen LogP contribution in [-0.4, -0.2) is 18.4 Å². The van der Waals surface area contributed by atoms with Crippen LogP contribution in [-0.2, 0) is 9.59 Å². The van der Waals surface area contributed by atoms with Crippen LogP contribution in [0.5, 0.6) is 5.75 Å². The van der Waals surface area contributed by atoms with E-state index in [2.05, 4.69) is 17.8 Å². The largest absolute Gasteiger partial charge is 0.483 e. The number of amides is 2. The lowest BCUT2D eigenvalue weighted by Gasteiger charge is -2.10. The van der Waals surface area contributed by atoms with E-state index in [0.29, 0.717) is 17.2 Å². The van der Waals surface area contributed by atoms with Crippen molar-refractivity contribution in [3.05, 3.63) is 28.8 Å². The fourth-order valence-corrected chi connectivity index (χ4v) is 1.92. The summed E-state index contributed by atoms with van der Waals surface area (Å²) >= 11 is 5.83. The third-order valence-electron chi connectivity index (χ3n) is 2.84. The number of unbranched alkanes of at least 4 members (excludes halogenated alkanes) is 2. The zero-order valence-electron chi connectivity index (χ0n) is 12.4. The Bertz CT molecular complexity index is 492. The number of rotatable bonds is 7. The number of nitrogens with one attached hydrogen (secondary N) is 2. The molecule has 0 aromatic heterocycles. The van der Waals surface area contributed by atoms with E-state index in [1.165, 1.54) is 0 Å². The van der Waals surface area contributed by atoms with E-state index in [1.54, 1.807) is 18.2 Å². The third-order valence-corrected chi connectivity index (χ3v) is 3.08. The summed E-state index contributed by atoms with van der Waals surface area (Å²) in [5.41, 5.74) is 5.53. The fourth-order valence-electron chi connectivity index (χ4n) is 1.69. The summed E-state index contributed by atoms with van der Waals surface area (Å²) in [5.74, 6) is -0.0171. The Labute approximate surface area is 130 Å². The minimum Gasteiger partial charge on any atom is -0.483 e. The van der Waals surface area contributed by atoms with Crippen molar-refractivity contribution in [1.82, 2.24) is 10.9 Å². The summed E-state index contributed by atoms with van der Waals surface area (Å²) in [4.78, 5) is 23.0. The molecule has 0 aliphatic rings. The number of hydrazine groups is 1. The van der Waals surface area contributed by atoms with Crippen molar-refractivity contribution in [1.29, 1.82) is 0 Å². The highest BCUT2D eigenvalue weighted by Crippen LogP contribution is 2.21. The van der Waals surface area contributed by atoms with E-state index in [0.717, 1.165) is 24.8 Å². The summed E-state index contributed by atoms with van der Waals surface area (Å²) in [6.45, 7) is 3.74. The summed E-state index contributed by atoms with van der Waals surface area (Å²) in [6, 6.07) is 5.15. The van der Waals surface area contributed by atoms with Crippen LogP contribution in [0.4, 0.5) is 0 Å². The van der Waals surface area contributed by atoms with Crippen molar-refractivity contribution in [2.45, 2.75) is 39.5 Å². The Kier molecular flexibility index (Phi) is 7.61. The molecule has 116 valence electrons. The zero-order valence-corrected chi connectivity index (χ0v) is 13.1. The van der Waals surface area contributed by atoms with E-state index in [1.807, 2.05) is 6.92 Å². The summed E-state index contributed by atoms with van der Waals surface area (Å²) in [5, 5.41) is 0.614. The second kappa shape index (κ2) is 9.23. The molecule has 0 saturated heterocycles. The standard InChI is InChI=1S/C15H21ClN2O3/c1-3-4-5-6-14(19)17-18-15(20)10-21-13-8-7-12(16)9-11(13)2/h7-9H,3-6,10H2,1-2H3,(H,17,19)(H,18,20). The minimum absolute atomic E-state index is 0.169. The number of carbonyl (C=O) groups excluding carboxylic acids is 2. The second-order valence-corrected chi connectivity index (χ2v) is 5.19. The number of aryl methyl sites for hydroxylation is 1. The van der Waals surface area contributed by atoms with Gasteiger partial charge in [0, 0.05) is 11.4 Å². The molecule has 0 unspecified atom stereocenters. The van der Waals surface area contributed by atoms with Gasteiger partial charge in [-0.15, -0.1) is 0 Å². The highest BCUT2D eigenvalue weighted by molar-refractivity contribution is 6.30. The van der Waals surface area contributed by atoms with Crippen molar-refractivity contribution in [2.75, 3.05) is 6.61 Å². The predicted molar refractivity (Wildman–Crippen MR) is 82.1 cm³/mol. The van der Waals surface area contributed by atoms with Crippen molar-refractivity contribution in [3.63, 3.8) is 0 Å². The smallest absolute Gasteiger partial charge is 0.276 e. The number of hydrogen-bond acceptors (Lipinski definition) is 3. The van der Waals surface area contributed by atoms with Gasteiger partial charge in [-0.3, -0.25) is 20.4 Å². The molecule has 0 heterocycles. The predicted octanol–water partition coefficient (Wildman–Crippen LogP) is 2.75. The minimum atomic E-state index is -0.409. The first-order valence-corrected chi connectivity index (χ1v) is 7.37. The molecule has 0 saturated carbocycles. The lowest BCUT2D eigenvalue weighted by Crippen LogP contribution is -2.43. The Balaban J connectivity index is 2.26. The quantitative estimate of drug-likeness (QED) is 0.601. The number of benzene rings is 1. The van der Waals surface area contributed by atoms with Crippen LogP contribution in [0.15, 0.2) is 18.2 Å². The molecule has 1 aromatic rings. The van der Waals surface area contributed by atoms with Gasteiger partial charge in [0.15, 0.2) is 6.61 Å². The first-order valence-electron chi connectivity index (χ1n) is 6.99. The van der Waals surface area contributed by atoms with E-state index in [4.69, 9.17) is 16.3 Å². The molecule has 2 N–H and O–H groups in total. The normalized spacial score (nSPS) is 10.0. The second-order valence-electron chi connectivity index (χ2n) is 4.75. The van der Waals surface area contributed by atoms with Gasteiger partial charge < -0.3 is 4.74 Å². The maximum atomic E-state index is 11.6. The lowest BCUT2D eigenvalue weighted by atomic mass is 10.2. The van der Waals surface area contributed by atoms with E-state index < -0.39 is 5.91 Å². The molecule has 1 aromatic carbocycles. The molecule has 1 rings (SSSR count). The van der Waals surface area contributed by atoms with Gasteiger partial charge in [0.25, 0.3) is 5.91 Å². The van der Waals surface area contributed by atoms with Gasteiger partial charge >= 0.3 is 0 Å². The van der Waals surface area contributed by atoms with Gasteiger partial charge in [0.1, 0.15) is 5.75 Å². The molecule has 0 aliphatic carbocycles. The number of hydrogen-bond donors (Lipinski definition) is 2. The molecule has 0 aliphatic heterocycles. The van der Waals surface area contributed by atoms with Gasteiger partial charge in [-0.25, -0.2) is 0 Å². The van der Waals surface area contributed by atoms with Crippen LogP contribution in [0.2, 0.25) is 5.02 Å². The Hall–Kier alpha value is -1.75. The van der Waals surface area contributed by atoms with Gasteiger partial charge in [-0.05, 0) is 37.1 Å². The molecule has 0 bridgehead atoms. The van der Waals surface area contributed by atoms with Crippen LogP contribution in [0.1, 0.15) is 38.2 Å². The van der Waals surface area contributed by atoms with Gasteiger partial charge in [0.2, 0.25) is 5.91 Å². The maximum Gasteiger partial charge on any atom is 0.276 e. The molecule has 0 atom stereocenters. The molecule has 21 heavy (non-hydrogen) atoms. The molecule has 0 fully saturated rings. The summed E-state index contributed by atoms with van der Waals surface area (Å²) in [7, 11) is 0. The van der Waals surface area contributed by atoms with Crippen molar-refractivity contribution >= 4 is 23.4 Å². The molecular weight excluding hydrogens is 292 g/mol. The van der Waals surface area contributed by atoms with Crippen LogP contribution in [0.25, 0.3) is 0 Å². The summed E-state index contributed by atoms with van der Waals surface area (Å²) < 4.78 is 5.36. The zero-order chi connectivity index (χ0) is 15.7. The van der Waals surface area contributed by atoms with Crippen LogP contribution in [0.3, 0.4) is 0 Å². The van der Waals surface area contributed by atoms with Crippen molar-refractivity contribution in [3.8, 4) is 5.75 Å². The maximum absolute atomic E-state index is 11.6. The number of carbonyl (C=O) groups is 2. The van der Waals surface area contributed by atoms with Crippen LogP contribution in [0, 0.1) is 6.92 Å². The monoisotopic (exact) mass is 312 g/mol. The van der Waals surface area contributed by atoms with E-state index in [-0.39, 0.29) is 12.5 Å². The van der Waals surface area contributed by atoms with E-state index >= 15 is 0 Å². The van der Waals surface area contributed by atoms with Crippen molar-refractivity contribution < 1.29 is 14.3 Å². The fraction of sp³-hybridized carbons (Fsp3) is 0.467. The first-order chi connectivity index (χ1) is 10.0. The number of ether oxygens (including phenoxy) is 1. The lowest BCUT2D eigenvalue weighted by molar-refractivity contribution is -0.130. The van der Waals surface area contributed by atoms with Gasteiger partial charge in [0.05, 0.1) is 0 Å². The Morgan fingerprint density at radius 1 is 1.19 bits per heavy atom. The molecule has 5 nitrogen and oxygen atoms in total. The SMILES string of the molecule is CCCCCC(=O)NNC(=O)COc1ccc(Cl)cc1C. The van der Waals surface area contributed by atoms with Crippen LogP contribution >= 0.6 is 11.6 Å². The summed E-state index contributed by atoms with van der Waals surface area (Å²) in [6.07, 6.45) is 3.28. The molecule has 6 heteroatoms.